The van der Waals surface area contributed by atoms with Crippen LogP contribution in [0.25, 0.3) is 10.8 Å². The van der Waals surface area contributed by atoms with E-state index in [-0.39, 0.29) is 0 Å². The number of hydrogen-bond acceptors (Lipinski definition) is 3. The fraction of sp³-hybridized carbons (Fsp3) is 0.167. The first-order valence-electron chi connectivity index (χ1n) is 7.14. The Bertz CT molecular complexity index is 835. The van der Waals surface area contributed by atoms with Crippen molar-refractivity contribution in [1.82, 2.24) is 0 Å². The minimum Gasteiger partial charge on any atom is -0.481 e. The molecule has 0 amide bonds. The second-order valence-electron chi connectivity index (χ2n) is 5.54. The van der Waals surface area contributed by atoms with Crippen LogP contribution in [0.15, 0.2) is 60.0 Å². The van der Waals surface area contributed by atoms with Crippen LogP contribution in [0.5, 0.6) is 5.75 Å². The van der Waals surface area contributed by atoms with Crippen LogP contribution in [0.2, 0.25) is 0 Å². The van der Waals surface area contributed by atoms with E-state index in [2.05, 4.69) is 0 Å². The maximum atomic E-state index is 11.5. The maximum absolute atomic E-state index is 11.5. The number of carbonyl (C=O) groups is 1. The van der Waals surface area contributed by atoms with Crippen molar-refractivity contribution in [2.75, 3.05) is 0 Å². The molecule has 4 rings (SSSR count). The zero-order chi connectivity index (χ0) is 15.2. The van der Waals surface area contributed by atoms with Crippen molar-refractivity contribution in [1.29, 1.82) is 0 Å². The number of hydrogen-bond donors (Lipinski definition) is 1. The van der Waals surface area contributed by atoms with E-state index >= 15 is 0 Å². The molecule has 1 fully saturated rings. The van der Waals surface area contributed by atoms with Crippen molar-refractivity contribution in [3.63, 3.8) is 0 Å². The monoisotopic (exact) mass is 310 g/mol. The number of rotatable bonds is 4. The highest BCUT2D eigenvalue weighted by atomic mass is 32.1. The fourth-order valence-corrected chi connectivity index (χ4v) is 3.89. The Balaban J connectivity index is 1.78. The third-order valence-corrected chi connectivity index (χ3v) is 5.22. The Morgan fingerprint density at radius 1 is 1.14 bits per heavy atom. The van der Waals surface area contributed by atoms with Gasteiger partial charge in [0, 0.05) is 16.7 Å². The van der Waals surface area contributed by atoms with Gasteiger partial charge in [-0.1, -0.05) is 42.5 Å². The molecule has 0 spiro atoms. The van der Waals surface area contributed by atoms with Crippen LogP contribution in [0, 0.1) is 5.92 Å². The van der Waals surface area contributed by atoms with Gasteiger partial charge in [0.1, 0.15) is 11.7 Å². The third-order valence-electron chi connectivity index (χ3n) is 4.19. The summed E-state index contributed by atoms with van der Waals surface area (Å²) < 4.78 is 6.27. The molecule has 1 saturated carbocycles. The molecule has 0 aliphatic heterocycles. The average Bonchev–Trinajstić information content (AvgIpc) is 3.00. The molecular weight excluding hydrogens is 296 g/mol. The number of ether oxygens (including phenoxy) is 1. The molecule has 2 atom stereocenters. The molecule has 1 aliphatic rings. The quantitative estimate of drug-likeness (QED) is 0.782. The number of carboxylic acid groups (broad SMARTS) is 1. The van der Waals surface area contributed by atoms with Crippen molar-refractivity contribution in [2.45, 2.75) is 12.0 Å². The second-order valence-corrected chi connectivity index (χ2v) is 6.49. The standard InChI is InChI=1S/C18H14O3S/c19-17(20)14-11-18(14,16-9-4-10-22-16)21-15-8-3-6-12-5-1-2-7-13(12)15/h1-10,14H,11H2,(H,19,20). The van der Waals surface area contributed by atoms with Gasteiger partial charge in [0.05, 0.1) is 0 Å². The summed E-state index contributed by atoms with van der Waals surface area (Å²) in [5.74, 6) is -0.533. The molecule has 3 nitrogen and oxygen atoms in total. The molecule has 0 saturated heterocycles. The molecule has 0 bridgehead atoms. The van der Waals surface area contributed by atoms with Gasteiger partial charge in [-0.05, 0) is 22.9 Å². The van der Waals surface area contributed by atoms with Gasteiger partial charge in [0.25, 0.3) is 0 Å². The molecule has 0 radical (unpaired) electrons. The zero-order valence-corrected chi connectivity index (χ0v) is 12.5. The number of thiophene rings is 1. The SMILES string of the molecule is O=C(O)C1CC1(Oc1cccc2ccccc12)c1cccs1. The lowest BCUT2D eigenvalue weighted by Crippen LogP contribution is -2.21. The zero-order valence-electron chi connectivity index (χ0n) is 11.7. The van der Waals surface area contributed by atoms with Crippen molar-refractivity contribution >= 4 is 28.1 Å². The van der Waals surface area contributed by atoms with E-state index in [4.69, 9.17) is 4.74 Å². The summed E-state index contributed by atoms with van der Waals surface area (Å²) in [6.07, 6.45) is 0.520. The molecule has 4 heteroatoms. The van der Waals surface area contributed by atoms with Crippen LogP contribution in [0.3, 0.4) is 0 Å². The number of aliphatic carboxylic acids is 1. The van der Waals surface area contributed by atoms with Gasteiger partial charge in [-0.15, -0.1) is 11.3 Å². The fourth-order valence-electron chi connectivity index (χ4n) is 2.97. The predicted molar refractivity (Wildman–Crippen MR) is 86.3 cm³/mol. The Morgan fingerprint density at radius 2 is 1.95 bits per heavy atom. The van der Waals surface area contributed by atoms with E-state index < -0.39 is 17.5 Å². The minimum atomic E-state index is -0.798. The summed E-state index contributed by atoms with van der Waals surface area (Å²) in [6, 6.07) is 17.8. The summed E-state index contributed by atoms with van der Waals surface area (Å²) in [7, 11) is 0. The average molecular weight is 310 g/mol. The maximum Gasteiger partial charge on any atom is 0.311 e. The highest BCUT2D eigenvalue weighted by Gasteiger charge is 2.63. The van der Waals surface area contributed by atoms with Crippen molar-refractivity contribution in [2.24, 2.45) is 5.92 Å². The Morgan fingerprint density at radius 3 is 2.68 bits per heavy atom. The van der Waals surface area contributed by atoms with Crippen LogP contribution >= 0.6 is 11.3 Å². The van der Waals surface area contributed by atoms with Gasteiger partial charge >= 0.3 is 5.97 Å². The summed E-state index contributed by atoms with van der Waals surface area (Å²) in [5.41, 5.74) is -0.718. The Kier molecular flexibility index (Phi) is 2.94. The predicted octanol–water partition coefficient (Wildman–Crippen LogP) is 4.28. The molecule has 1 aliphatic carbocycles. The van der Waals surface area contributed by atoms with Gasteiger partial charge in [-0.25, -0.2) is 0 Å². The summed E-state index contributed by atoms with van der Waals surface area (Å²) in [5, 5.41) is 13.5. The van der Waals surface area contributed by atoms with Crippen LogP contribution in [-0.2, 0) is 10.4 Å². The van der Waals surface area contributed by atoms with Gasteiger partial charge in [-0.3, -0.25) is 4.79 Å². The lowest BCUT2D eigenvalue weighted by atomic mass is 10.1. The third kappa shape index (κ3) is 1.99. The topological polar surface area (TPSA) is 46.5 Å². The van der Waals surface area contributed by atoms with E-state index in [1.165, 1.54) is 0 Å². The molecule has 3 aromatic rings. The summed E-state index contributed by atoms with van der Waals surface area (Å²) in [4.78, 5) is 12.4. The number of fused-ring (bicyclic) bond motifs is 1. The molecule has 2 aromatic carbocycles. The summed E-state index contributed by atoms with van der Waals surface area (Å²) in [6.45, 7) is 0. The van der Waals surface area contributed by atoms with Gasteiger partial charge < -0.3 is 9.84 Å². The van der Waals surface area contributed by atoms with E-state index in [0.717, 1.165) is 21.4 Å². The van der Waals surface area contributed by atoms with E-state index in [1.54, 1.807) is 11.3 Å². The van der Waals surface area contributed by atoms with E-state index in [0.29, 0.717) is 6.42 Å². The van der Waals surface area contributed by atoms with Crippen molar-refractivity contribution < 1.29 is 14.6 Å². The molecule has 1 N–H and O–H groups in total. The highest BCUT2D eigenvalue weighted by Crippen LogP contribution is 2.57. The van der Waals surface area contributed by atoms with Crippen molar-refractivity contribution in [3.8, 4) is 5.75 Å². The Labute approximate surface area is 131 Å². The second kappa shape index (κ2) is 4.85. The highest BCUT2D eigenvalue weighted by molar-refractivity contribution is 7.10. The van der Waals surface area contributed by atoms with Gasteiger partial charge in [-0.2, -0.15) is 0 Å². The number of carboxylic acids is 1. The minimum absolute atomic E-state index is 0.481. The lowest BCUT2D eigenvalue weighted by Gasteiger charge is -2.19. The van der Waals surface area contributed by atoms with E-state index in [1.807, 2.05) is 60.0 Å². The first-order valence-corrected chi connectivity index (χ1v) is 8.02. The molecule has 110 valence electrons. The largest absolute Gasteiger partial charge is 0.481 e. The van der Waals surface area contributed by atoms with Crippen LogP contribution in [-0.4, -0.2) is 11.1 Å². The van der Waals surface area contributed by atoms with E-state index in [9.17, 15) is 9.90 Å². The first-order chi connectivity index (χ1) is 10.7. The first kappa shape index (κ1) is 13.3. The van der Waals surface area contributed by atoms with Crippen LogP contribution < -0.4 is 4.74 Å². The van der Waals surface area contributed by atoms with Gasteiger partial charge in [0.2, 0.25) is 0 Å². The van der Waals surface area contributed by atoms with Gasteiger partial charge in [0.15, 0.2) is 5.60 Å². The molecular formula is C18H14O3S. The van der Waals surface area contributed by atoms with Crippen LogP contribution in [0.4, 0.5) is 0 Å². The smallest absolute Gasteiger partial charge is 0.311 e. The van der Waals surface area contributed by atoms with Crippen molar-refractivity contribution in [3.05, 3.63) is 64.9 Å². The summed E-state index contributed by atoms with van der Waals surface area (Å²) >= 11 is 1.55. The lowest BCUT2D eigenvalue weighted by molar-refractivity contribution is -0.140. The normalized spacial score (nSPS) is 23.4. The molecule has 1 heterocycles. The number of benzene rings is 2. The molecule has 2 unspecified atom stereocenters. The van der Waals surface area contributed by atoms with Crippen LogP contribution in [0.1, 0.15) is 11.3 Å². The molecule has 1 aromatic heterocycles. The molecule has 22 heavy (non-hydrogen) atoms. The Hall–Kier alpha value is -2.33.